The molecule has 138 valence electrons. The van der Waals surface area contributed by atoms with Gasteiger partial charge in [0, 0.05) is 0 Å². The van der Waals surface area contributed by atoms with Gasteiger partial charge in [-0.15, -0.1) is 0 Å². The molecule has 0 aromatic heterocycles. The van der Waals surface area contributed by atoms with Gasteiger partial charge < -0.3 is 13.6 Å². The van der Waals surface area contributed by atoms with Crippen LogP contribution >= 0.6 is 15.6 Å². The maximum absolute atomic E-state index is 12.4. The molecule has 0 saturated heterocycles. The molecule has 0 aliphatic heterocycles. The van der Waals surface area contributed by atoms with Crippen LogP contribution in [0.3, 0.4) is 0 Å². The molecule has 0 saturated carbocycles. The zero-order chi connectivity index (χ0) is 18.2. The van der Waals surface area contributed by atoms with E-state index in [1.807, 2.05) is 0 Å². The first-order valence-electron chi connectivity index (χ1n) is 7.40. The van der Waals surface area contributed by atoms with E-state index in [1.165, 1.54) is 12.1 Å². The summed E-state index contributed by atoms with van der Waals surface area (Å²) in [4.78, 5) is 0. The normalized spacial score (nSPS) is 13.9. The van der Waals surface area contributed by atoms with Crippen LogP contribution in [0.25, 0.3) is 0 Å². The van der Waals surface area contributed by atoms with Crippen LogP contribution in [0, 0.1) is 0 Å². The van der Waals surface area contributed by atoms with Gasteiger partial charge in [-0.3, -0.25) is 9.13 Å². The van der Waals surface area contributed by atoms with E-state index in [0.717, 1.165) is 12.1 Å². The molecule has 0 bridgehead atoms. The van der Waals surface area contributed by atoms with Crippen molar-refractivity contribution in [1.29, 1.82) is 0 Å². The molecule has 0 aliphatic rings. The summed E-state index contributed by atoms with van der Waals surface area (Å²) < 4.78 is 76.6. The Morgan fingerprint density at radius 1 is 1.08 bits per heavy atom. The van der Waals surface area contributed by atoms with Crippen molar-refractivity contribution in [2.45, 2.75) is 26.4 Å². The minimum Gasteiger partial charge on any atom is -0.330 e. The van der Waals surface area contributed by atoms with Crippen molar-refractivity contribution in [3.63, 3.8) is 0 Å². The van der Waals surface area contributed by atoms with Gasteiger partial charge in [0.2, 0.25) is 8.03 Å². The fourth-order valence-corrected chi connectivity index (χ4v) is 5.42. The van der Waals surface area contributed by atoms with Crippen molar-refractivity contribution >= 4 is 15.6 Å². The Bertz CT molecular complexity index is 565. The number of rotatable bonds is 10. The summed E-state index contributed by atoms with van der Waals surface area (Å²) >= 11 is 0. The zero-order valence-corrected chi connectivity index (χ0v) is 15.4. The quantitative estimate of drug-likeness (QED) is 0.530. The minimum atomic E-state index is -4.38. The molecule has 0 radical (unpaired) electrons. The van der Waals surface area contributed by atoms with E-state index in [2.05, 4.69) is 0 Å². The Kier molecular flexibility index (Phi) is 8.68. The van der Waals surface area contributed by atoms with Gasteiger partial charge in [0.05, 0.1) is 25.4 Å². The molecule has 1 aromatic rings. The van der Waals surface area contributed by atoms with Crippen LogP contribution in [0.2, 0.25) is 0 Å². The smallest absolute Gasteiger partial charge is 0.330 e. The van der Waals surface area contributed by atoms with Gasteiger partial charge in [0.15, 0.2) is 0 Å². The van der Waals surface area contributed by atoms with Gasteiger partial charge in [-0.2, -0.15) is 13.2 Å². The van der Waals surface area contributed by atoms with Gasteiger partial charge in [-0.1, -0.05) is 12.1 Å². The van der Waals surface area contributed by atoms with E-state index < -0.39 is 27.4 Å². The molecule has 10 heteroatoms. The van der Waals surface area contributed by atoms with Crippen LogP contribution in [0.4, 0.5) is 13.2 Å². The average molecular weight is 388 g/mol. The predicted molar refractivity (Wildman–Crippen MR) is 85.8 cm³/mol. The Balaban J connectivity index is 2.46. The minimum absolute atomic E-state index is 0.0431. The third-order valence-corrected chi connectivity index (χ3v) is 7.32. The summed E-state index contributed by atoms with van der Waals surface area (Å²) in [5.74, 6) is -0.313. The lowest BCUT2D eigenvalue weighted by Crippen LogP contribution is -2.05. The molecule has 24 heavy (non-hydrogen) atoms. The van der Waals surface area contributed by atoms with Crippen LogP contribution in [-0.2, 0) is 35.3 Å². The Morgan fingerprint density at radius 2 is 1.62 bits per heavy atom. The summed E-state index contributed by atoms with van der Waals surface area (Å²) in [6.45, 7) is 3.67. The molecule has 0 N–H and O–H groups in total. The Labute approximate surface area is 139 Å². The van der Waals surface area contributed by atoms with E-state index in [9.17, 15) is 22.3 Å². The molecule has 0 heterocycles. The van der Waals surface area contributed by atoms with Crippen LogP contribution in [0.15, 0.2) is 24.3 Å². The molecule has 5 nitrogen and oxygen atoms in total. The number of hydrogen-bond donors (Lipinski definition) is 0. The van der Waals surface area contributed by atoms with Gasteiger partial charge in [-0.25, -0.2) is 0 Å². The summed E-state index contributed by atoms with van der Waals surface area (Å²) in [7, 11) is -6.06. The highest BCUT2D eigenvalue weighted by molar-refractivity contribution is 7.65. The molecule has 1 atom stereocenters. The highest BCUT2D eigenvalue weighted by Gasteiger charge is 2.30. The first-order valence-corrected chi connectivity index (χ1v) is 10.6. The molecule has 0 aliphatic carbocycles. The molecule has 1 aromatic carbocycles. The molecule has 0 spiro atoms. The number of benzene rings is 1. The van der Waals surface area contributed by atoms with Gasteiger partial charge in [0.25, 0.3) is 0 Å². The molecule has 0 fully saturated rings. The second kappa shape index (κ2) is 9.73. The molecule has 1 unspecified atom stereocenters. The van der Waals surface area contributed by atoms with E-state index in [-0.39, 0.29) is 25.7 Å². The first-order chi connectivity index (χ1) is 11.2. The van der Waals surface area contributed by atoms with E-state index in [4.69, 9.17) is 13.6 Å². The summed E-state index contributed by atoms with van der Waals surface area (Å²) in [5, 5.41) is 0. The van der Waals surface area contributed by atoms with Gasteiger partial charge in [0.1, 0.15) is 5.90 Å². The Hall–Kier alpha value is -0.650. The highest BCUT2D eigenvalue weighted by atomic mass is 31.2. The Morgan fingerprint density at radius 3 is 2.08 bits per heavy atom. The molecule has 0 amide bonds. The van der Waals surface area contributed by atoms with Crippen molar-refractivity contribution in [3.8, 4) is 0 Å². The average Bonchev–Trinajstić information content (AvgIpc) is 2.47. The van der Waals surface area contributed by atoms with Crippen molar-refractivity contribution < 1.29 is 35.9 Å². The van der Waals surface area contributed by atoms with Crippen LogP contribution < -0.4 is 0 Å². The van der Waals surface area contributed by atoms with Crippen molar-refractivity contribution in [1.82, 2.24) is 0 Å². The maximum Gasteiger partial charge on any atom is 0.416 e. The topological polar surface area (TPSA) is 61.8 Å². The zero-order valence-electron chi connectivity index (χ0n) is 13.5. The van der Waals surface area contributed by atoms with E-state index in [0.29, 0.717) is 12.0 Å². The van der Waals surface area contributed by atoms with Crippen LogP contribution in [0.1, 0.15) is 25.0 Å². The fourth-order valence-electron chi connectivity index (χ4n) is 1.87. The van der Waals surface area contributed by atoms with Crippen molar-refractivity contribution in [2.75, 3.05) is 25.7 Å². The summed E-state index contributed by atoms with van der Waals surface area (Å²) in [6.07, 6.45) is -4.08. The number of alkyl halides is 3. The van der Waals surface area contributed by atoms with Gasteiger partial charge in [-0.05, 0) is 38.0 Å². The monoisotopic (exact) mass is 388 g/mol. The molecular formula is C14H21F3O5P2. The first kappa shape index (κ1) is 21.4. The lowest BCUT2D eigenvalue weighted by molar-refractivity contribution is -0.137. The van der Waals surface area contributed by atoms with Crippen LogP contribution in [-0.4, -0.2) is 25.7 Å². The predicted octanol–water partition coefficient (Wildman–Crippen LogP) is 4.96. The van der Waals surface area contributed by atoms with Crippen LogP contribution in [0.5, 0.6) is 0 Å². The second-order valence-electron chi connectivity index (χ2n) is 4.77. The third kappa shape index (κ3) is 7.49. The fraction of sp³-hybridized carbons (Fsp3) is 0.571. The van der Waals surface area contributed by atoms with E-state index in [1.54, 1.807) is 13.8 Å². The lowest BCUT2D eigenvalue weighted by atomic mass is 10.1. The lowest BCUT2D eigenvalue weighted by Gasteiger charge is -2.16. The molecular weight excluding hydrogens is 367 g/mol. The summed E-state index contributed by atoms with van der Waals surface area (Å²) in [5.41, 5.74) is -0.106. The van der Waals surface area contributed by atoms with Crippen molar-refractivity contribution in [2.24, 2.45) is 0 Å². The SMILES string of the molecule is CCOP(=O)(C[PH](=O)OCCc1ccc(C(F)(F)F)cc1)OCC. The number of halogens is 3. The molecule has 1 rings (SSSR count). The maximum atomic E-state index is 12.4. The van der Waals surface area contributed by atoms with E-state index >= 15 is 0 Å². The second-order valence-corrected chi connectivity index (χ2v) is 8.81. The summed E-state index contributed by atoms with van der Waals surface area (Å²) in [6, 6.07) is 4.65. The third-order valence-electron chi connectivity index (χ3n) is 2.91. The standard InChI is InChI=1S/C14H21F3O5P2/c1-3-21-24(19,22-4-2)11-23(18)20-10-9-12-5-7-13(8-6-12)14(15,16)17/h5-8,23H,3-4,9-11H2,1-2H3. The van der Waals surface area contributed by atoms with Crippen molar-refractivity contribution in [3.05, 3.63) is 35.4 Å². The van der Waals surface area contributed by atoms with Gasteiger partial charge >= 0.3 is 13.8 Å². The largest absolute Gasteiger partial charge is 0.416 e. The highest BCUT2D eigenvalue weighted by Crippen LogP contribution is 2.54. The number of hydrogen-bond acceptors (Lipinski definition) is 5.